The van der Waals surface area contributed by atoms with E-state index in [0.29, 0.717) is 12.1 Å². The molecule has 4 rings (SSSR count). The quantitative estimate of drug-likeness (QED) is 0.497. The summed E-state index contributed by atoms with van der Waals surface area (Å²) in [4.78, 5) is 17.2. The second kappa shape index (κ2) is 7.14. The van der Waals surface area contributed by atoms with E-state index >= 15 is 0 Å². The van der Waals surface area contributed by atoms with Crippen LogP contribution in [0.15, 0.2) is 97.5 Å². The average Bonchev–Trinajstić information content (AvgIpc) is 2.67. The predicted octanol–water partition coefficient (Wildman–Crippen LogP) is 4.64. The maximum absolute atomic E-state index is 12.6. The van der Waals surface area contributed by atoms with Gasteiger partial charge in [-0.25, -0.2) is 9.79 Å². The fourth-order valence-electron chi connectivity index (χ4n) is 2.81. The number of aromatic nitrogens is 1. The van der Waals surface area contributed by atoms with E-state index < -0.39 is 5.76 Å². The molecule has 4 aromatic rings. The fraction of sp³-hybridized carbons (Fsp3) is 0.0476. The van der Waals surface area contributed by atoms with Crippen LogP contribution < -0.4 is 11.3 Å². The summed E-state index contributed by atoms with van der Waals surface area (Å²) in [5.74, 6) is -0.427. The van der Waals surface area contributed by atoms with E-state index in [2.05, 4.69) is 20.9 Å². The molecule has 5 heteroatoms. The molecule has 0 aliphatic heterocycles. The van der Waals surface area contributed by atoms with Gasteiger partial charge in [0.05, 0.1) is 23.1 Å². The summed E-state index contributed by atoms with van der Waals surface area (Å²) in [6.45, 7) is 0.447. The first-order valence-electron chi connectivity index (χ1n) is 8.17. The number of fused-ring (bicyclic) bond motifs is 1. The Hall–Kier alpha value is -2.92. The third-order valence-corrected chi connectivity index (χ3v) is 4.60. The van der Waals surface area contributed by atoms with Gasteiger partial charge in [-0.15, -0.1) is 0 Å². The van der Waals surface area contributed by atoms with Crippen LogP contribution in [-0.4, -0.2) is 4.57 Å². The van der Waals surface area contributed by atoms with Crippen molar-refractivity contribution in [2.45, 2.75) is 6.54 Å². The molecule has 0 aliphatic carbocycles. The summed E-state index contributed by atoms with van der Waals surface area (Å²) in [7, 11) is 0. The van der Waals surface area contributed by atoms with Crippen LogP contribution in [0.5, 0.6) is 0 Å². The summed E-state index contributed by atoms with van der Waals surface area (Å²) in [5.41, 5.74) is 2.87. The number of rotatable bonds is 3. The SMILES string of the molecule is O=c1oc(=Nc2ccc(Br)cc2)c2ccccc2n1Cc1ccccc1. The molecule has 128 valence electrons. The smallest absolute Gasteiger partial charge is 0.390 e. The maximum Gasteiger partial charge on any atom is 0.421 e. The highest BCUT2D eigenvalue weighted by Crippen LogP contribution is 2.17. The van der Waals surface area contributed by atoms with Crippen molar-refractivity contribution in [2.75, 3.05) is 0 Å². The molecule has 1 aromatic heterocycles. The van der Waals surface area contributed by atoms with Crippen molar-refractivity contribution in [1.82, 2.24) is 4.57 Å². The normalized spacial score (nSPS) is 11.8. The van der Waals surface area contributed by atoms with Crippen LogP contribution in [0.1, 0.15) is 5.56 Å². The summed E-state index contributed by atoms with van der Waals surface area (Å²) >= 11 is 3.40. The monoisotopic (exact) mass is 406 g/mol. The number of para-hydroxylation sites is 1. The number of nitrogens with zero attached hydrogens (tertiary/aromatic N) is 2. The van der Waals surface area contributed by atoms with E-state index in [1.165, 1.54) is 0 Å². The Morgan fingerprint density at radius 2 is 1.58 bits per heavy atom. The highest BCUT2D eigenvalue weighted by molar-refractivity contribution is 9.10. The molecule has 0 bridgehead atoms. The number of hydrogen-bond acceptors (Lipinski definition) is 3. The van der Waals surface area contributed by atoms with Gasteiger partial charge in [0.25, 0.3) is 0 Å². The molecule has 1 heterocycles. The molecule has 0 saturated carbocycles. The first-order valence-corrected chi connectivity index (χ1v) is 8.97. The number of hydrogen-bond donors (Lipinski definition) is 0. The lowest BCUT2D eigenvalue weighted by atomic mass is 10.2. The number of halogens is 1. The molecule has 4 nitrogen and oxygen atoms in total. The Labute approximate surface area is 158 Å². The minimum Gasteiger partial charge on any atom is -0.390 e. The third kappa shape index (κ3) is 3.39. The van der Waals surface area contributed by atoms with Crippen LogP contribution in [0.2, 0.25) is 0 Å². The zero-order chi connectivity index (χ0) is 17.9. The van der Waals surface area contributed by atoms with Gasteiger partial charge in [-0.05, 0) is 42.0 Å². The van der Waals surface area contributed by atoms with Crippen LogP contribution in [0.4, 0.5) is 5.69 Å². The second-order valence-corrected chi connectivity index (χ2v) is 6.77. The van der Waals surface area contributed by atoms with Crippen LogP contribution in [-0.2, 0) is 6.54 Å². The van der Waals surface area contributed by atoms with Crippen LogP contribution in [0.25, 0.3) is 10.9 Å². The lowest BCUT2D eigenvalue weighted by Crippen LogP contribution is -2.26. The lowest BCUT2D eigenvalue weighted by Gasteiger charge is -2.09. The van der Waals surface area contributed by atoms with Crippen molar-refractivity contribution in [3.05, 3.63) is 105 Å². The number of benzene rings is 3. The van der Waals surface area contributed by atoms with Crippen molar-refractivity contribution < 1.29 is 4.42 Å². The van der Waals surface area contributed by atoms with Crippen LogP contribution in [0.3, 0.4) is 0 Å². The highest BCUT2D eigenvalue weighted by Gasteiger charge is 2.08. The fourth-order valence-corrected chi connectivity index (χ4v) is 3.08. The van der Waals surface area contributed by atoms with Gasteiger partial charge in [-0.3, -0.25) is 4.57 Å². The van der Waals surface area contributed by atoms with Crippen molar-refractivity contribution in [3.63, 3.8) is 0 Å². The molecule has 3 aromatic carbocycles. The molecule has 0 spiro atoms. The van der Waals surface area contributed by atoms with Gasteiger partial charge in [0.2, 0.25) is 5.55 Å². The minimum atomic E-state index is -0.427. The van der Waals surface area contributed by atoms with Gasteiger partial charge < -0.3 is 4.42 Å². The maximum atomic E-state index is 12.6. The topological polar surface area (TPSA) is 47.5 Å². The van der Waals surface area contributed by atoms with Gasteiger partial charge in [-0.1, -0.05) is 58.4 Å². The minimum absolute atomic E-state index is 0.317. The van der Waals surface area contributed by atoms with E-state index in [-0.39, 0.29) is 0 Å². The van der Waals surface area contributed by atoms with E-state index in [1.807, 2.05) is 78.9 Å². The Bertz CT molecular complexity index is 1180. The second-order valence-electron chi connectivity index (χ2n) is 5.85. The first-order chi connectivity index (χ1) is 12.7. The van der Waals surface area contributed by atoms with Crippen LogP contribution in [0, 0.1) is 0 Å². The first kappa shape index (κ1) is 16.5. The molecule has 0 unspecified atom stereocenters. The molecular weight excluding hydrogens is 392 g/mol. The van der Waals surface area contributed by atoms with Crippen molar-refractivity contribution in [1.29, 1.82) is 0 Å². The molecular formula is C21H15BrN2O2. The van der Waals surface area contributed by atoms with Gasteiger partial charge in [-0.2, -0.15) is 0 Å². The zero-order valence-electron chi connectivity index (χ0n) is 13.8. The van der Waals surface area contributed by atoms with E-state index in [1.54, 1.807) is 4.57 Å². The van der Waals surface area contributed by atoms with Gasteiger partial charge >= 0.3 is 5.76 Å². The highest BCUT2D eigenvalue weighted by atomic mass is 79.9. The molecule has 0 aliphatic rings. The largest absolute Gasteiger partial charge is 0.421 e. The molecule has 0 fully saturated rings. The molecule has 0 radical (unpaired) electrons. The molecule has 0 N–H and O–H groups in total. The molecule has 0 amide bonds. The summed E-state index contributed by atoms with van der Waals surface area (Å²) in [6.07, 6.45) is 0. The van der Waals surface area contributed by atoms with Gasteiger partial charge in [0.15, 0.2) is 0 Å². The van der Waals surface area contributed by atoms with E-state index in [4.69, 9.17) is 4.42 Å². The Morgan fingerprint density at radius 1 is 0.885 bits per heavy atom. The standard InChI is InChI=1S/C21H15BrN2O2/c22-16-10-12-17(13-11-16)23-20-18-8-4-5-9-19(18)24(21(25)26-20)14-15-6-2-1-3-7-15/h1-13H,14H2. The van der Waals surface area contributed by atoms with Gasteiger partial charge in [0, 0.05) is 4.47 Å². The Balaban J connectivity index is 1.91. The summed E-state index contributed by atoms with van der Waals surface area (Å²) < 4.78 is 8.16. The predicted molar refractivity (Wildman–Crippen MR) is 105 cm³/mol. The lowest BCUT2D eigenvalue weighted by molar-refractivity contribution is 0.415. The Morgan fingerprint density at radius 3 is 2.35 bits per heavy atom. The van der Waals surface area contributed by atoms with Crippen LogP contribution >= 0.6 is 15.9 Å². The molecule has 0 atom stereocenters. The third-order valence-electron chi connectivity index (χ3n) is 4.07. The van der Waals surface area contributed by atoms with Crippen molar-refractivity contribution >= 4 is 32.5 Å². The van der Waals surface area contributed by atoms with Gasteiger partial charge in [0.1, 0.15) is 0 Å². The molecule has 26 heavy (non-hydrogen) atoms. The van der Waals surface area contributed by atoms with Crippen molar-refractivity contribution in [2.24, 2.45) is 4.99 Å². The van der Waals surface area contributed by atoms with Crippen molar-refractivity contribution in [3.8, 4) is 0 Å². The summed E-state index contributed by atoms with van der Waals surface area (Å²) in [6, 6.07) is 25.0. The molecule has 0 saturated heterocycles. The average molecular weight is 407 g/mol. The van der Waals surface area contributed by atoms with E-state index in [0.717, 1.165) is 26.6 Å². The van der Waals surface area contributed by atoms with E-state index in [9.17, 15) is 4.79 Å². The zero-order valence-corrected chi connectivity index (χ0v) is 15.4. The Kier molecular flexibility index (Phi) is 4.54. The summed E-state index contributed by atoms with van der Waals surface area (Å²) in [5, 5.41) is 0.797.